The van der Waals surface area contributed by atoms with Gasteiger partial charge in [-0.25, -0.2) is 0 Å². The van der Waals surface area contributed by atoms with Crippen LogP contribution in [0.5, 0.6) is 5.75 Å². The third-order valence-electron chi connectivity index (χ3n) is 3.62. The summed E-state index contributed by atoms with van der Waals surface area (Å²) in [6.07, 6.45) is 3.92. The molecule has 1 aliphatic rings. The second kappa shape index (κ2) is 7.73. The number of nitrogens with zero attached hydrogens (tertiary/aromatic N) is 1. The molecule has 0 bridgehead atoms. The number of hydrogen-bond acceptors (Lipinski definition) is 3. The molecule has 0 unspecified atom stereocenters. The average molecular weight is 283 g/mol. The molecule has 0 saturated carbocycles. The summed E-state index contributed by atoms with van der Waals surface area (Å²) in [6, 6.07) is 5.77. The molecule has 1 aromatic rings. The molecule has 1 fully saturated rings. The van der Waals surface area contributed by atoms with Crippen LogP contribution in [0.3, 0.4) is 0 Å². The average Bonchev–Trinajstić information content (AvgIpc) is 2.93. The minimum Gasteiger partial charge on any atom is -0.496 e. The first-order valence-corrected chi connectivity index (χ1v) is 7.43. The lowest BCUT2D eigenvalue weighted by Gasteiger charge is -2.15. The van der Waals surface area contributed by atoms with Crippen LogP contribution in [0.1, 0.15) is 24.8 Å². The molecular weight excluding hydrogens is 260 g/mol. The van der Waals surface area contributed by atoms with Crippen LogP contribution in [0.25, 0.3) is 0 Å². The summed E-state index contributed by atoms with van der Waals surface area (Å²) >= 11 is 6.20. The van der Waals surface area contributed by atoms with E-state index in [2.05, 4.69) is 10.2 Å². The van der Waals surface area contributed by atoms with E-state index in [-0.39, 0.29) is 0 Å². The second-order valence-electron chi connectivity index (χ2n) is 5.00. The first kappa shape index (κ1) is 14.6. The zero-order valence-corrected chi connectivity index (χ0v) is 12.4. The van der Waals surface area contributed by atoms with Crippen LogP contribution in [0.15, 0.2) is 18.2 Å². The molecule has 19 heavy (non-hydrogen) atoms. The summed E-state index contributed by atoms with van der Waals surface area (Å²) < 4.78 is 5.33. The molecule has 0 aromatic heterocycles. The molecule has 1 heterocycles. The van der Waals surface area contributed by atoms with Gasteiger partial charge in [-0.2, -0.15) is 0 Å². The summed E-state index contributed by atoms with van der Waals surface area (Å²) in [4.78, 5) is 2.54. The molecular formula is C15H23ClN2O. The Balaban J connectivity index is 1.70. The molecule has 0 aliphatic carbocycles. The monoisotopic (exact) mass is 282 g/mol. The smallest absolute Gasteiger partial charge is 0.124 e. The van der Waals surface area contributed by atoms with Crippen LogP contribution in [0.2, 0.25) is 5.02 Å². The van der Waals surface area contributed by atoms with Crippen molar-refractivity contribution >= 4 is 11.6 Å². The Bertz CT molecular complexity index is 392. The molecule has 4 heteroatoms. The van der Waals surface area contributed by atoms with Gasteiger partial charge in [0.15, 0.2) is 0 Å². The first-order valence-electron chi connectivity index (χ1n) is 7.05. The zero-order valence-electron chi connectivity index (χ0n) is 11.6. The molecule has 1 aliphatic heterocycles. The molecule has 1 N–H and O–H groups in total. The summed E-state index contributed by atoms with van der Waals surface area (Å²) in [7, 11) is 1.68. The molecule has 106 valence electrons. The number of hydrogen-bond donors (Lipinski definition) is 1. The van der Waals surface area contributed by atoms with Gasteiger partial charge in [0.1, 0.15) is 5.75 Å². The lowest BCUT2D eigenvalue weighted by molar-refractivity contribution is 0.330. The van der Waals surface area contributed by atoms with Crippen molar-refractivity contribution in [2.75, 3.05) is 33.3 Å². The highest BCUT2D eigenvalue weighted by Gasteiger charge is 2.10. The Labute approximate surface area is 120 Å². The van der Waals surface area contributed by atoms with Gasteiger partial charge in [0.2, 0.25) is 0 Å². The molecule has 0 atom stereocenters. The van der Waals surface area contributed by atoms with Crippen molar-refractivity contribution in [2.45, 2.75) is 25.8 Å². The number of nitrogens with one attached hydrogen (secondary N) is 1. The highest BCUT2D eigenvalue weighted by Crippen LogP contribution is 2.25. The Kier molecular flexibility index (Phi) is 5.95. The van der Waals surface area contributed by atoms with Crippen LogP contribution in [-0.4, -0.2) is 38.2 Å². The van der Waals surface area contributed by atoms with Crippen molar-refractivity contribution < 1.29 is 4.74 Å². The molecule has 0 spiro atoms. The second-order valence-corrected chi connectivity index (χ2v) is 5.41. The molecule has 1 aromatic carbocycles. The maximum Gasteiger partial charge on any atom is 0.124 e. The molecule has 1 saturated heterocycles. The number of methoxy groups -OCH3 is 1. The van der Waals surface area contributed by atoms with Crippen molar-refractivity contribution in [3.05, 3.63) is 28.8 Å². The van der Waals surface area contributed by atoms with Gasteiger partial charge in [0.05, 0.1) is 7.11 Å². The highest BCUT2D eigenvalue weighted by atomic mass is 35.5. The van der Waals surface area contributed by atoms with Gasteiger partial charge in [0, 0.05) is 17.1 Å². The standard InChI is InChI=1S/C15H23ClN2O/c1-19-15-7-4-6-14(16)13(15)12-17-8-5-11-18-9-2-3-10-18/h4,6-7,17H,2-3,5,8-12H2,1H3. The molecule has 3 nitrogen and oxygen atoms in total. The van der Waals surface area contributed by atoms with Gasteiger partial charge in [-0.3, -0.25) is 0 Å². The van der Waals surface area contributed by atoms with Gasteiger partial charge < -0.3 is 15.0 Å². The van der Waals surface area contributed by atoms with Gasteiger partial charge in [0.25, 0.3) is 0 Å². The topological polar surface area (TPSA) is 24.5 Å². The number of halogens is 1. The van der Waals surface area contributed by atoms with Crippen molar-refractivity contribution in [1.29, 1.82) is 0 Å². The fourth-order valence-corrected chi connectivity index (χ4v) is 2.78. The quantitative estimate of drug-likeness (QED) is 0.778. The lowest BCUT2D eigenvalue weighted by Crippen LogP contribution is -2.24. The summed E-state index contributed by atoms with van der Waals surface area (Å²) in [5.41, 5.74) is 1.05. The summed E-state index contributed by atoms with van der Waals surface area (Å²) in [5.74, 6) is 0.861. The number of rotatable bonds is 7. The Morgan fingerprint density at radius 2 is 2.11 bits per heavy atom. The normalized spacial score (nSPS) is 15.9. The van der Waals surface area contributed by atoms with Crippen LogP contribution in [0.4, 0.5) is 0 Å². The van der Waals surface area contributed by atoms with E-state index in [1.807, 2.05) is 18.2 Å². The lowest BCUT2D eigenvalue weighted by atomic mass is 10.2. The third kappa shape index (κ3) is 4.37. The molecule has 2 rings (SSSR count). The van der Waals surface area contributed by atoms with Gasteiger partial charge in [-0.15, -0.1) is 0 Å². The Morgan fingerprint density at radius 1 is 1.32 bits per heavy atom. The van der Waals surface area contributed by atoms with E-state index in [0.29, 0.717) is 0 Å². The van der Waals surface area contributed by atoms with E-state index in [0.717, 1.165) is 29.4 Å². The molecule has 0 radical (unpaired) electrons. The van der Waals surface area contributed by atoms with Crippen LogP contribution < -0.4 is 10.1 Å². The zero-order chi connectivity index (χ0) is 13.5. The van der Waals surface area contributed by atoms with Gasteiger partial charge in [-0.1, -0.05) is 17.7 Å². The van der Waals surface area contributed by atoms with Crippen LogP contribution in [0, 0.1) is 0 Å². The fraction of sp³-hybridized carbons (Fsp3) is 0.600. The predicted octanol–water partition coefficient (Wildman–Crippen LogP) is 2.92. The van der Waals surface area contributed by atoms with Crippen molar-refractivity contribution in [3.8, 4) is 5.75 Å². The van der Waals surface area contributed by atoms with Crippen LogP contribution >= 0.6 is 11.6 Å². The van der Waals surface area contributed by atoms with E-state index >= 15 is 0 Å². The third-order valence-corrected chi connectivity index (χ3v) is 3.98. The van der Waals surface area contributed by atoms with Crippen molar-refractivity contribution in [2.24, 2.45) is 0 Å². The SMILES string of the molecule is COc1cccc(Cl)c1CNCCCN1CCCC1. The number of ether oxygens (including phenoxy) is 1. The van der Waals surface area contributed by atoms with Crippen molar-refractivity contribution in [1.82, 2.24) is 10.2 Å². The minimum atomic E-state index is 0.767. The van der Waals surface area contributed by atoms with Crippen LogP contribution in [-0.2, 0) is 6.54 Å². The number of benzene rings is 1. The van der Waals surface area contributed by atoms with E-state index < -0.39 is 0 Å². The van der Waals surface area contributed by atoms with E-state index in [9.17, 15) is 0 Å². The fourth-order valence-electron chi connectivity index (χ4n) is 2.55. The summed E-state index contributed by atoms with van der Waals surface area (Å²) in [6.45, 7) is 5.54. The predicted molar refractivity (Wildman–Crippen MR) is 80.0 cm³/mol. The number of likely N-dealkylation sites (tertiary alicyclic amines) is 1. The summed E-state index contributed by atoms with van der Waals surface area (Å²) in [5, 5.41) is 4.22. The maximum atomic E-state index is 6.20. The highest BCUT2D eigenvalue weighted by molar-refractivity contribution is 6.31. The van der Waals surface area contributed by atoms with Gasteiger partial charge >= 0.3 is 0 Å². The Morgan fingerprint density at radius 3 is 2.84 bits per heavy atom. The van der Waals surface area contributed by atoms with Crippen molar-refractivity contribution in [3.63, 3.8) is 0 Å². The maximum absolute atomic E-state index is 6.20. The van der Waals surface area contributed by atoms with E-state index in [1.54, 1.807) is 7.11 Å². The molecule has 0 amide bonds. The van der Waals surface area contributed by atoms with Gasteiger partial charge in [-0.05, 0) is 57.6 Å². The Hall–Kier alpha value is -0.770. The minimum absolute atomic E-state index is 0.767. The van der Waals surface area contributed by atoms with E-state index in [4.69, 9.17) is 16.3 Å². The largest absolute Gasteiger partial charge is 0.496 e. The van der Waals surface area contributed by atoms with E-state index in [1.165, 1.54) is 38.9 Å². The first-order chi connectivity index (χ1) is 9.31.